The van der Waals surface area contributed by atoms with Gasteiger partial charge < -0.3 is 15.9 Å². The van der Waals surface area contributed by atoms with Gasteiger partial charge in [-0.1, -0.05) is 26.0 Å². The highest BCUT2D eigenvalue weighted by Gasteiger charge is 2.16. The van der Waals surface area contributed by atoms with Crippen LogP contribution in [0.2, 0.25) is 0 Å². The summed E-state index contributed by atoms with van der Waals surface area (Å²) in [5.41, 5.74) is 6.80. The van der Waals surface area contributed by atoms with Gasteiger partial charge in [0.25, 0.3) is 0 Å². The summed E-state index contributed by atoms with van der Waals surface area (Å²) in [6.07, 6.45) is 1.15. The summed E-state index contributed by atoms with van der Waals surface area (Å²) in [5.74, 6) is 0.786. The Morgan fingerprint density at radius 3 is 2.12 bits per heavy atom. The number of hydrogen-bond acceptors (Lipinski definition) is 3. The molecule has 0 bridgehead atoms. The zero-order valence-electron chi connectivity index (χ0n) is 10.3. The molecule has 1 rings (SSSR count). The van der Waals surface area contributed by atoms with E-state index >= 15 is 0 Å². The van der Waals surface area contributed by atoms with Crippen molar-refractivity contribution in [3.05, 3.63) is 29.8 Å². The first kappa shape index (κ1) is 16.2. The molecule has 4 N–H and O–H groups in total. The average Bonchev–Trinajstić information content (AvgIpc) is 2.26. The number of halogens is 1. The van der Waals surface area contributed by atoms with Gasteiger partial charge >= 0.3 is 0 Å². The molecule has 1 aromatic carbocycles. The van der Waals surface area contributed by atoms with E-state index in [1.807, 2.05) is 0 Å². The molecular weight excluding hydrogens is 238 g/mol. The standard InChI is InChI=1S/C13H21NO2.ClH/c1-9(2)3-8-12(16)13(14)10-4-6-11(15)7-5-10;/h4-7,9,12-13,15-16H,3,8,14H2,1-2H3;1H/t12-,13+;/m0./s1. The summed E-state index contributed by atoms with van der Waals surface area (Å²) in [6.45, 7) is 4.25. The van der Waals surface area contributed by atoms with Crippen LogP contribution in [0.1, 0.15) is 38.3 Å². The molecule has 2 atom stereocenters. The van der Waals surface area contributed by atoms with Crippen LogP contribution in [0.4, 0.5) is 0 Å². The predicted molar refractivity (Wildman–Crippen MR) is 72.4 cm³/mol. The van der Waals surface area contributed by atoms with Gasteiger partial charge in [-0.2, -0.15) is 0 Å². The third kappa shape index (κ3) is 5.39. The lowest BCUT2D eigenvalue weighted by Gasteiger charge is -2.20. The second-order valence-corrected chi connectivity index (χ2v) is 4.66. The van der Waals surface area contributed by atoms with Crippen LogP contribution in [0.5, 0.6) is 5.75 Å². The quantitative estimate of drug-likeness (QED) is 0.762. The number of hydrogen-bond donors (Lipinski definition) is 3. The second kappa shape index (κ2) is 7.54. The Bertz CT molecular complexity index is 314. The fourth-order valence-electron chi connectivity index (χ4n) is 1.60. The maximum Gasteiger partial charge on any atom is 0.115 e. The van der Waals surface area contributed by atoms with Crippen molar-refractivity contribution in [2.24, 2.45) is 11.7 Å². The molecule has 0 saturated carbocycles. The summed E-state index contributed by atoms with van der Waals surface area (Å²) >= 11 is 0. The van der Waals surface area contributed by atoms with E-state index in [-0.39, 0.29) is 24.2 Å². The van der Waals surface area contributed by atoms with Crippen LogP contribution in [0.15, 0.2) is 24.3 Å². The maximum atomic E-state index is 9.90. The van der Waals surface area contributed by atoms with E-state index in [1.54, 1.807) is 24.3 Å². The highest BCUT2D eigenvalue weighted by atomic mass is 35.5. The van der Waals surface area contributed by atoms with Crippen molar-refractivity contribution >= 4 is 12.4 Å². The van der Waals surface area contributed by atoms with Crippen molar-refractivity contribution in [2.45, 2.75) is 38.8 Å². The number of aliphatic hydroxyl groups is 1. The molecule has 98 valence electrons. The van der Waals surface area contributed by atoms with Crippen LogP contribution in [-0.2, 0) is 0 Å². The van der Waals surface area contributed by atoms with Gasteiger partial charge in [-0.25, -0.2) is 0 Å². The molecule has 0 unspecified atom stereocenters. The molecule has 0 aromatic heterocycles. The van der Waals surface area contributed by atoms with Gasteiger partial charge in [0.15, 0.2) is 0 Å². The molecule has 0 saturated heterocycles. The Labute approximate surface area is 109 Å². The van der Waals surface area contributed by atoms with Gasteiger partial charge in [-0.3, -0.25) is 0 Å². The monoisotopic (exact) mass is 259 g/mol. The number of aliphatic hydroxyl groups excluding tert-OH is 1. The largest absolute Gasteiger partial charge is 0.508 e. The highest BCUT2D eigenvalue weighted by molar-refractivity contribution is 5.85. The third-order valence-electron chi connectivity index (χ3n) is 2.73. The molecule has 1 aromatic rings. The molecule has 0 aliphatic rings. The molecule has 4 heteroatoms. The van der Waals surface area contributed by atoms with Gasteiger partial charge in [0.05, 0.1) is 12.1 Å². The Kier molecular flexibility index (Phi) is 7.19. The molecule has 0 aliphatic heterocycles. The fourth-order valence-corrected chi connectivity index (χ4v) is 1.60. The van der Waals surface area contributed by atoms with Crippen LogP contribution in [0, 0.1) is 5.92 Å². The van der Waals surface area contributed by atoms with Gasteiger partial charge in [0, 0.05) is 0 Å². The van der Waals surface area contributed by atoms with E-state index < -0.39 is 6.10 Å². The summed E-state index contributed by atoms with van der Waals surface area (Å²) < 4.78 is 0. The first-order valence-corrected chi connectivity index (χ1v) is 5.73. The van der Waals surface area contributed by atoms with Crippen molar-refractivity contribution < 1.29 is 10.2 Å². The number of phenols is 1. The Morgan fingerprint density at radius 1 is 1.12 bits per heavy atom. The molecule has 0 spiro atoms. The SMILES string of the molecule is CC(C)CC[C@H](O)[C@H](N)c1ccc(O)cc1.Cl. The minimum Gasteiger partial charge on any atom is -0.508 e. The van der Waals surface area contributed by atoms with Crippen LogP contribution >= 0.6 is 12.4 Å². The molecule has 0 heterocycles. The van der Waals surface area contributed by atoms with Crippen LogP contribution in [0.25, 0.3) is 0 Å². The smallest absolute Gasteiger partial charge is 0.115 e. The average molecular weight is 260 g/mol. The van der Waals surface area contributed by atoms with Crippen LogP contribution in [0.3, 0.4) is 0 Å². The maximum absolute atomic E-state index is 9.90. The summed E-state index contributed by atoms with van der Waals surface area (Å²) in [5, 5.41) is 19.1. The lowest BCUT2D eigenvalue weighted by atomic mass is 9.96. The van der Waals surface area contributed by atoms with Crippen molar-refractivity contribution in [1.82, 2.24) is 0 Å². The summed E-state index contributed by atoms with van der Waals surface area (Å²) in [6, 6.07) is 6.30. The van der Waals surface area contributed by atoms with Crippen LogP contribution in [-0.4, -0.2) is 16.3 Å². The van der Waals surface area contributed by atoms with E-state index in [0.717, 1.165) is 12.0 Å². The Balaban J connectivity index is 0.00000256. The number of rotatable bonds is 5. The molecule has 17 heavy (non-hydrogen) atoms. The fraction of sp³-hybridized carbons (Fsp3) is 0.538. The van der Waals surface area contributed by atoms with Crippen molar-refractivity contribution in [3.63, 3.8) is 0 Å². The number of aromatic hydroxyl groups is 1. The topological polar surface area (TPSA) is 66.5 Å². The van der Waals surface area contributed by atoms with Crippen molar-refractivity contribution in [3.8, 4) is 5.75 Å². The Morgan fingerprint density at radius 2 is 1.65 bits per heavy atom. The molecule has 0 amide bonds. The summed E-state index contributed by atoms with van der Waals surface area (Å²) in [4.78, 5) is 0. The number of phenolic OH excluding ortho intramolecular Hbond substituents is 1. The molecule has 0 fully saturated rings. The predicted octanol–water partition coefficient (Wildman–Crippen LogP) is 2.61. The molecule has 0 aliphatic carbocycles. The second-order valence-electron chi connectivity index (χ2n) is 4.66. The molecule has 3 nitrogen and oxygen atoms in total. The van der Waals surface area contributed by atoms with Gasteiger partial charge in [0.1, 0.15) is 5.75 Å². The number of nitrogens with two attached hydrogens (primary N) is 1. The summed E-state index contributed by atoms with van der Waals surface area (Å²) in [7, 11) is 0. The molecule has 0 radical (unpaired) electrons. The van der Waals surface area contributed by atoms with Gasteiger partial charge in [-0.05, 0) is 36.5 Å². The molecular formula is C13H22ClNO2. The zero-order chi connectivity index (χ0) is 12.1. The third-order valence-corrected chi connectivity index (χ3v) is 2.73. The normalized spacial score (nSPS) is 14.2. The van der Waals surface area contributed by atoms with E-state index in [0.29, 0.717) is 12.3 Å². The first-order chi connectivity index (χ1) is 7.50. The zero-order valence-corrected chi connectivity index (χ0v) is 11.2. The van der Waals surface area contributed by atoms with Gasteiger partial charge in [-0.15, -0.1) is 12.4 Å². The van der Waals surface area contributed by atoms with E-state index in [1.165, 1.54) is 0 Å². The van der Waals surface area contributed by atoms with Crippen LogP contribution < -0.4 is 5.73 Å². The van der Waals surface area contributed by atoms with E-state index in [2.05, 4.69) is 13.8 Å². The lowest BCUT2D eigenvalue weighted by molar-refractivity contribution is 0.128. The number of benzene rings is 1. The van der Waals surface area contributed by atoms with E-state index in [9.17, 15) is 5.11 Å². The van der Waals surface area contributed by atoms with Crippen molar-refractivity contribution in [2.75, 3.05) is 0 Å². The van der Waals surface area contributed by atoms with Crippen molar-refractivity contribution in [1.29, 1.82) is 0 Å². The first-order valence-electron chi connectivity index (χ1n) is 5.73. The lowest BCUT2D eigenvalue weighted by Crippen LogP contribution is -2.26. The Hall–Kier alpha value is -0.770. The van der Waals surface area contributed by atoms with Gasteiger partial charge in [0.2, 0.25) is 0 Å². The minimum absolute atomic E-state index is 0. The minimum atomic E-state index is -0.521. The van der Waals surface area contributed by atoms with E-state index in [4.69, 9.17) is 10.8 Å². The highest BCUT2D eigenvalue weighted by Crippen LogP contribution is 2.21.